The summed E-state index contributed by atoms with van der Waals surface area (Å²) < 4.78 is 16.5. The third kappa shape index (κ3) is 15.5. The standard InChI is InChI=1S/C53H54O5S2/c1-6-51(54)56-32-10-8-12-34-59-47-27-20-40(21-28-47)14-16-42-18-25-46-37-44(19-26-45(46)36-42)39-58-50-31-24-43(38-49(50)53(3,4)5)17-15-41-22-29-48(30-23-41)60-35-13-9-11-33-57-52(55)7-2/h6-7,18-31,36-38H,1-2,8-13,32-35,39H2,3-5H3. The van der Waals surface area contributed by atoms with Crippen molar-refractivity contribution in [1.82, 2.24) is 0 Å². The molecule has 0 aromatic heterocycles. The van der Waals surface area contributed by atoms with Crippen LogP contribution in [0.15, 0.2) is 138 Å². The molecule has 5 aromatic rings. The molecule has 0 saturated carbocycles. The van der Waals surface area contributed by atoms with E-state index in [-0.39, 0.29) is 17.4 Å². The predicted octanol–water partition coefficient (Wildman–Crippen LogP) is 12.5. The molecule has 0 bridgehead atoms. The monoisotopic (exact) mass is 834 g/mol. The fourth-order valence-electron chi connectivity index (χ4n) is 6.11. The van der Waals surface area contributed by atoms with Crippen molar-refractivity contribution in [2.75, 3.05) is 24.7 Å². The number of unbranched alkanes of at least 4 members (excludes halogenated alkanes) is 4. The van der Waals surface area contributed by atoms with Gasteiger partial charge in [0, 0.05) is 49.8 Å². The smallest absolute Gasteiger partial charge is 0.330 e. The molecular formula is C53H54O5S2. The molecule has 0 fully saturated rings. The van der Waals surface area contributed by atoms with Crippen LogP contribution < -0.4 is 4.74 Å². The molecule has 0 unspecified atom stereocenters. The molecule has 5 nitrogen and oxygen atoms in total. The Labute approximate surface area is 365 Å². The average molecular weight is 835 g/mol. The van der Waals surface area contributed by atoms with Gasteiger partial charge in [0.15, 0.2) is 0 Å². The van der Waals surface area contributed by atoms with E-state index >= 15 is 0 Å². The van der Waals surface area contributed by atoms with E-state index in [0.29, 0.717) is 19.8 Å². The first-order valence-electron chi connectivity index (χ1n) is 20.5. The Hall–Kier alpha value is -5.60. The molecule has 308 valence electrons. The van der Waals surface area contributed by atoms with E-state index in [2.05, 4.69) is 149 Å². The van der Waals surface area contributed by atoms with Crippen molar-refractivity contribution in [3.8, 4) is 29.4 Å². The maximum Gasteiger partial charge on any atom is 0.330 e. The number of carbonyl (C=O) groups is 2. The Kier molecular flexibility index (Phi) is 18.1. The largest absolute Gasteiger partial charge is 0.489 e. The summed E-state index contributed by atoms with van der Waals surface area (Å²) in [6.07, 6.45) is 8.30. The van der Waals surface area contributed by atoms with E-state index in [4.69, 9.17) is 14.2 Å². The second-order valence-corrected chi connectivity index (χ2v) is 17.6. The quantitative estimate of drug-likeness (QED) is 0.0270. The molecule has 0 heterocycles. The number of esters is 2. The molecule has 7 heteroatoms. The highest BCUT2D eigenvalue weighted by atomic mass is 32.2. The minimum atomic E-state index is -0.359. The number of hydrogen-bond acceptors (Lipinski definition) is 7. The molecule has 60 heavy (non-hydrogen) atoms. The first kappa shape index (κ1) is 45.5. The van der Waals surface area contributed by atoms with Gasteiger partial charge in [-0.2, -0.15) is 0 Å². The lowest BCUT2D eigenvalue weighted by atomic mass is 9.85. The molecule has 0 aliphatic carbocycles. The van der Waals surface area contributed by atoms with E-state index < -0.39 is 0 Å². The number of carbonyl (C=O) groups excluding carboxylic acids is 2. The topological polar surface area (TPSA) is 61.8 Å². The summed E-state index contributed by atoms with van der Waals surface area (Å²) in [6.45, 7) is 14.8. The SMILES string of the molecule is C=CC(=O)OCCCCCSc1ccc(C#Cc2ccc(OCc3ccc4cc(C#Cc5ccc(SCCCCCOC(=O)C=C)cc5)ccc4c3)c(C(C)(C)C)c2)cc1. The van der Waals surface area contributed by atoms with Crippen LogP contribution in [0.2, 0.25) is 0 Å². The fraction of sp³-hybridized carbons (Fsp3) is 0.283. The normalized spacial score (nSPS) is 10.8. The Bertz CT molecular complexity index is 2350. The van der Waals surface area contributed by atoms with Crippen LogP contribution in [0.3, 0.4) is 0 Å². The zero-order chi connectivity index (χ0) is 42.6. The van der Waals surface area contributed by atoms with Crippen molar-refractivity contribution in [2.24, 2.45) is 0 Å². The first-order valence-corrected chi connectivity index (χ1v) is 22.4. The number of thioether (sulfide) groups is 2. The molecule has 0 atom stereocenters. The third-order valence-corrected chi connectivity index (χ3v) is 11.6. The van der Waals surface area contributed by atoms with Crippen molar-refractivity contribution < 1.29 is 23.8 Å². The highest BCUT2D eigenvalue weighted by Crippen LogP contribution is 2.33. The summed E-state index contributed by atoms with van der Waals surface area (Å²) in [5.41, 5.74) is 5.98. The molecule has 0 aliphatic heterocycles. The summed E-state index contributed by atoms with van der Waals surface area (Å²) in [4.78, 5) is 24.7. The van der Waals surface area contributed by atoms with Crippen molar-refractivity contribution in [1.29, 1.82) is 0 Å². The Morgan fingerprint density at radius 3 is 1.57 bits per heavy atom. The summed E-state index contributed by atoms with van der Waals surface area (Å²) in [7, 11) is 0. The molecule has 0 aliphatic rings. The van der Waals surface area contributed by atoms with Crippen molar-refractivity contribution in [3.05, 3.63) is 162 Å². The molecule has 0 amide bonds. The van der Waals surface area contributed by atoms with Gasteiger partial charge in [0.05, 0.1) is 13.2 Å². The van der Waals surface area contributed by atoms with Crippen molar-refractivity contribution in [2.45, 2.75) is 81.1 Å². The van der Waals surface area contributed by atoms with Crippen LogP contribution in [-0.2, 0) is 31.1 Å². The minimum Gasteiger partial charge on any atom is -0.489 e. The lowest BCUT2D eigenvalue weighted by Gasteiger charge is -2.23. The van der Waals surface area contributed by atoms with Gasteiger partial charge in [0.25, 0.3) is 0 Å². The van der Waals surface area contributed by atoms with Gasteiger partial charge in [0.2, 0.25) is 0 Å². The van der Waals surface area contributed by atoms with Gasteiger partial charge in [-0.05, 0) is 157 Å². The summed E-state index contributed by atoms with van der Waals surface area (Å²) in [5, 5.41) is 2.29. The summed E-state index contributed by atoms with van der Waals surface area (Å²) >= 11 is 3.66. The lowest BCUT2D eigenvalue weighted by molar-refractivity contribution is -0.138. The van der Waals surface area contributed by atoms with E-state index in [1.54, 1.807) is 0 Å². The number of rotatable bonds is 19. The van der Waals surface area contributed by atoms with Crippen LogP contribution in [0.1, 0.15) is 92.7 Å². The highest BCUT2D eigenvalue weighted by molar-refractivity contribution is 7.99. The molecular weight excluding hydrogens is 781 g/mol. The number of fused-ring (bicyclic) bond motifs is 1. The molecule has 0 radical (unpaired) electrons. The van der Waals surface area contributed by atoms with Crippen LogP contribution >= 0.6 is 23.5 Å². The maximum absolute atomic E-state index is 11.1. The van der Waals surface area contributed by atoms with E-state index in [1.165, 1.54) is 21.9 Å². The molecule has 0 spiro atoms. The van der Waals surface area contributed by atoms with Gasteiger partial charge in [-0.1, -0.05) is 75.8 Å². The van der Waals surface area contributed by atoms with Gasteiger partial charge in [-0.15, -0.1) is 23.5 Å². The van der Waals surface area contributed by atoms with Crippen LogP contribution in [0.5, 0.6) is 5.75 Å². The Morgan fingerprint density at radius 2 is 1.03 bits per heavy atom. The average Bonchev–Trinajstić information content (AvgIpc) is 3.26. The predicted molar refractivity (Wildman–Crippen MR) is 250 cm³/mol. The lowest BCUT2D eigenvalue weighted by Crippen LogP contribution is -2.14. The van der Waals surface area contributed by atoms with E-state index in [9.17, 15) is 9.59 Å². The van der Waals surface area contributed by atoms with E-state index in [1.807, 2.05) is 35.7 Å². The molecule has 5 aromatic carbocycles. The fourth-order valence-corrected chi connectivity index (χ4v) is 7.93. The van der Waals surface area contributed by atoms with Gasteiger partial charge in [-0.3, -0.25) is 0 Å². The van der Waals surface area contributed by atoms with Gasteiger partial charge in [0.1, 0.15) is 12.4 Å². The van der Waals surface area contributed by atoms with Crippen molar-refractivity contribution in [3.63, 3.8) is 0 Å². The van der Waals surface area contributed by atoms with Gasteiger partial charge >= 0.3 is 11.9 Å². The third-order valence-electron chi connectivity index (χ3n) is 9.43. The van der Waals surface area contributed by atoms with E-state index in [0.717, 1.165) is 99.9 Å². The summed E-state index contributed by atoms with van der Waals surface area (Å²) in [5.74, 6) is 15.5. The zero-order valence-electron chi connectivity index (χ0n) is 35.0. The van der Waals surface area contributed by atoms with Crippen LogP contribution in [0.25, 0.3) is 10.8 Å². The maximum atomic E-state index is 11.1. The molecule has 5 rings (SSSR count). The Morgan fingerprint density at radius 1 is 0.567 bits per heavy atom. The minimum absolute atomic E-state index is 0.129. The molecule has 0 saturated heterocycles. The van der Waals surface area contributed by atoms with Crippen LogP contribution in [0, 0.1) is 23.7 Å². The highest BCUT2D eigenvalue weighted by Gasteiger charge is 2.20. The number of benzene rings is 5. The first-order chi connectivity index (χ1) is 29.1. The van der Waals surface area contributed by atoms with Crippen molar-refractivity contribution >= 4 is 46.2 Å². The second-order valence-electron chi connectivity index (χ2n) is 15.3. The van der Waals surface area contributed by atoms with Gasteiger partial charge in [-0.25, -0.2) is 9.59 Å². The summed E-state index contributed by atoms with van der Waals surface area (Å²) in [6, 6.07) is 35.8. The van der Waals surface area contributed by atoms with Gasteiger partial charge < -0.3 is 14.2 Å². The Balaban J connectivity index is 1.10. The number of ether oxygens (including phenoxy) is 3. The second kappa shape index (κ2) is 23.9. The zero-order valence-corrected chi connectivity index (χ0v) is 36.7. The number of hydrogen-bond donors (Lipinski definition) is 0. The molecule has 0 N–H and O–H groups in total. The van der Waals surface area contributed by atoms with Crippen LogP contribution in [-0.4, -0.2) is 36.7 Å². The van der Waals surface area contributed by atoms with Crippen LogP contribution in [0.4, 0.5) is 0 Å².